The molecule has 7 heteroatoms. The van der Waals surface area contributed by atoms with Crippen LogP contribution in [0.4, 0.5) is 5.69 Å². The maximum absolute atomic E-state index is 13.9. The molecule has 0 aliphatic carbocycles. The molecule has 1 heterocycles. The molecule has 47 heavy (non-hydrogen) atoms. The van der Waals surface area contributed by atoms with Crippen LogP contribution in [0.5, 0.6) is 0 Å². The molecule has 2 aromatic carbocycles. The Morgan fingerprint density at radius 3 is 1.66 bits per heavy atom. The first kappa shape index (κ1) is 39.2. The third-order valence-electron chi connectivity index (χ3n) is 9.24. The molecule has 0 saturated heterocycles. The molecule has 0 fully saturated rings. The summed E-state index contributed by atoms with van der Waals surface area (Å²) in [5.74, 6) is 0. The molecular weight excluding hydrogens is 619 g/mol. The van der Waals surface area contributed by atoms with Crippen LogP contribution in [0, 0.1) is 0 Å². The third-order valence-corrected chi connectivity index (χ3v) is 12.3. The van der Waals surface area contributed by atoms with E-state index in [0.29, 0.717) is 18.0 Å². The Morgan fingerprint density at radius 1 is 0.638 bits per heavy atom. The van der Waals surface area contributed by atoms with Gasteiger partial charge in [0.25, 0.3) is 5.01 Å². The summed E-state index contributed by atoms with van der Waals surface area (Å²) in [5.41, 5.74) is 3.55. The first-order chi connectivity index (χ1) is 22.8. The number of aryl methyl sites for hydroxylation is 1. The Morgan fingerprint density at radius 2 is 1.15 bits per heavy atom. The fourth-order valence-electron chi connectivity index (χ4n) is 6.18. The quantitative estimate of drug-likeness (QED) is 0.0660. The largest absolute Gasteiger partial charge is 0.372 e. The molecule has 0 N–H and O–H groups in total. The summed E-state index contributed by atoms with van der Waals surface area (Å²) >= 11 is 1.65. The lowest BCUT2D eigenvalue weighted by molar-refractivity contribution is -0.642. The number of thiazole rings is 1. The summed E-state index contributed by atoms with van der Waals surface area (Å²) in [6.45, 7) is 12.4. The summed E-state index contributed by atoms with van der Waals surface area (Å²) in [5, 5.41) is 1.10. The Balaban J connectivity index is 1.75. The second kappa shape index (κ2) is 21.7. The molecule has 0 bridgehead atoms. The van der Waals surface area contributed by atoms with Crippen LogP contribution in [0.2, 0.25) is 0 Å². The number of anilines is 1. The summed E-state index contributed by atoms with van der Waals surface area (Å²) in [7, 11) is -1.48. The number of nitrogens with zero attached hydrogens (tertiary/aromatic N) is 3. The fourth-order valence-corrected chi connectivity index (χ4v) is 8.89. The van der Waals surface area contributed by atoms with Crippen LogP contribution >= 0.6 is 11.3 Å². The van der Waals surface area contributed by atoms with E-state index in [-0.39, 0.29) is 0 Å². The third kappa shape index (κ3) is 12.6. The van der Waals surface area contributed by atoms with Crippen LogP contribution in [-0.2, 0) is 17.1 Å². The summed E-state index contributed by atoms with van der Waals surface area (Å²) < 4.78 is 32.6. The predicted molar refractivity (Wildman–Crippen MR) is 206 cm³/mol. The van der Waals surface area contributed by atoms with Crippen LogP contribution < -0.4 is 9.47 Å². The van der Waals surface area contributed by atoms with E-state index < -0.39 is 10.0 Å². The van der Waals surface area contributed by atoms with Gasteiger partial charge in [-0.05, 0) is 61.6 Å². The number of fused-ring (bicyclic) bond motifs is 1. The average Bonchev–Trinajstić information content (AvgIpc) is 3.40. The average molecular weight is 683 g/mol. The van der Waals surface area contributed by atoms with Gasteiger partial charge < -0.3 is 4.90 Å². The van der Waals surface area contributed by atoms with Crippen molar-refractivity contribution in [2.45, 2.75) is 135 Å². The Bertz CT molecular complexity index is 1410. The Kier molecular flexibility index (Phi) is 18.1. The summed E-state index contributed by atoms with van der Waals surface area (Å²) in [6.07, 6.45) is 23.2. The van der Waals surface area contributed by atoms with E-state index in [9.17, 15) is 8.42 Å². The number of hydrogen-bond donors (Lipinski definition) is 0. The van der Waals surface area contributed by atoms with Crippen molar-refractivity contribution in [1.29, 1.82) is 0 Å². The maximum atomic E-state index is 13.9. The highest BCUT2D eigenvalue weighted by molar-refractivity contribution is 7.89. The summed E-state index contributed by atoms with van der Waals surface area (Å²) in [6, 6.07) is 14.7. The molecular formula is C40H64N3O2S2+. The highest BCUT2D eigenvalue weighted by atomic mass is 32.2. The van der Waals surface area contributed by atoms with E-state index in [1.165, 1.54) is 62.6 Å². The second-order valence-electron chi connectivity index (χ2n) is 13.2. The van der Waals surface area contributed by atoms with Crippen LogP contribution in [-0.4, -0.2) is 38.9 Å². The van der Waals surface area contributed by atoms with E-state index in [2.05, 4.69) is 80.6 Å². The van der Waals surface area contributed by atoms with Crippen LogP contribution in [0.25, 0.3) is 22.4 Å². The van der Waals surface area contributed by atoms with E-state index in [4.69, 9.17) is 0 Å². The van der Waals surface area contributed by atoms with Gasteiger partial charge in [-0.1, -0.05) is 128 Å². The molecule has 3 aromatic rings. The standard InChI is InChI=1S/C40H64N3O2S2/c1-6-10-14-18-30-42(31-19-15-11-7-2)36-25-22-35(23-26-36)24-29-40-41(5)38-28-27-37(34-39(38)46-40)47(44,45)43(32-20-16-12-8-3)33-21-17-13-9-4/h22-29,34H,6-21,30-33H2,1-5H3/q+1. The second-order valence-corrected chi connectivity index (χ2v) is 16.2. The SMILES string of the molecule is CCCCCCN(CCCCCC)c1ccc(C=Cc2sc3cc(S(=O)(=O)N(CCCCCC)CCCCCC)ccc3[n+]2C)cc1. The van der Waals surface area contributed by atoms with Crippen molar-refractivity contribution in [3.63, 3.8) is 0 Å². The molecule has 1 aromatic heterocycles. The topological polar surface area (TPSA) is 44.5 Å². The number of rotatable bonds is 25. The van der Waals surface area contributed by atoms with Crippen LogP contribution in [0.3, 0.4) is 0 Å². The molecule has 0 spiro atoms. The van der Waals surface area contributed by atoms with E-state index in [1.54, 1.807) is 21.7 Å². The zero-order valence-electron chi connectivity index (χ0n) is 30.3. The van der Waals surface area contributed by atoms with Gasteiger partial charge in [-0.15, -0.1) is 0 Å². The van der Waals surface area contributed by atoms with Gasteiger partial charge in [-0.3, -0.25) is 0 Å². The molecule has 0 atom stereocenters. The van der Waals surface area contributed by atoms with Crippen molar-refractivity contribution in [3.8, 4) is 0 Å². The van der Waals surface area contributed by atoms with Crippen molar-refractivity contribution in [3.05, 3.63) is 53.0 Å². The zero-order chi connectivity index (χ0) is 33.9. The number of aromatic nitrogens is 1. The van der Waals surface area contributed by atoms with E-state index >= 15 is 0 Å². The molecule has 0 aliphatic heterocycles. The Labute approximate surface area is 292 Å². The number of hydrogen-bond acceptors (Lipinski definition) is 4. The van der Waals surface area contributed by atoms with Crippen molar-refractivity contribution in [1.82, 2.24) is 4.31 Å². The van der Waals surface area contributed by atoms with Gasteiger partial charge >= 0.3 is 0 Å². The highest BCUT2D eigenvalue weighted by Crippen LogP contribution is 2.27. The predicted octanol–water partition coefficient (Wildman–Crippen LogP) is 11.0. The minimum atomic E-state index is -3.55. The lowest BCUT2D eigenvalue weighted by Crippen LogP contribution is -2.33. The smallest absolute Gasteiger partial charge is 0.262 e. The van der Waals surface area contributed by atoms with Crippen molar-refractivity contribution < 1.29 is 13.0 Å². The molecule has 0 unspecified atom stereocenters. The van der Waals surface area contributed by atoms with E-state index in [0.717, 1.165) is 79.7 Å². The number of benzene rings is 2. The van der Waals surface area contributed by atoms with Gasteiger partial charge in [0.15, 0.2) is 0 Å². The molecule has 0 amide bonds. The molecule has 3 rings (SSSR count). The number of sulfonamides is 1. The minimum Gasteiger partial charge on any atom is -0.372 e. The minimum absolute atomic E-state index is 0.415. The van der Waals surface area contributed by atoms with Gasteiger partial charge in [0.05, 0.1) is 4.90 Å². The molecule has 0 radical (unpaired) electrons. The van der Waals surface area contributed by atoms with Gasteiger partial charge in [-0.25, -0.2) is 8.42 Å². The van der Waals surface area contributed by atoms with Gasteiger partial charge in [-0.2, -0.15) is 8.87 Å². The van der Waals surface area contributed by atoms with E-state index in [1.807, 2.05) is 12.1 Å². The lowest BCUT2D eigenvalue weighted by atomic mass is 10.1. The normalized spacial score (nSPS) is 12.2. The molecule has 5 nitrogen and oxygen atoms in total. The number of unbranched alkanes of at least 4 members (excludes halogenated alkanes) is 12. The van der Waals surface area contributed by atoms with Gasteiger partial charge in [0.2, 0.25) is 15.5 Å². The zero-order valence-corrected chi connectivity index (χ0v) is 31.9. The fraction of sp³-hybridized carbons (Fsp3) is 0.625. The van der Waals surface area contributed by atoms with Gasteiger partial charge in [0.1, 0.15) is 11.7 Å². The molecule has 0 saturated carbocycles. The highest BCUT2D eigenvalue weighted by Gasteiger charge is 2.26. The molecule has 262 valence electrons. The maximum Gasteiger partial charge on any atom is 0.262 e. The van der Waals surface area contributed by atoms with Crippen molar-refractivity contribution in [2.75, 3.05) is 31.1 Å². The first-order valence-corrected chi connectivity index (χ1v) is 21.1. The van der Waals surface area contributed by atoms with Crippen LogP contribution in [0.15, 0.2) is 47.4 Å². The van der Waals surface area contributed by atoms with Gasteiger partial charge in [0, 0.05) is 44.0 Å². The summed E-state index contributed by atoms with van der Waals surface area (Å²) in [4.78, 5) is 2.99. The van der Waals surface area contributed by atoms with Crippen molar-refractivity contribution in [2.24, 2.45) is 7.05 Å². The monoisotopic (exact) mass is 682 g/mol. The van der Waals surface area contributed by atoms with Crippen LogP contribution in [0.1, 0.15) is 141 Å². The lowest BCUT2D eigenvalue weighted by Gasteiger charge is -2.25. The Hall–Kier alpha value is -2.22. The van der Waals surface area contributed by atoms with Crippen molar-refractivity contribution >= 4 is 49.4 Å². The molecule has 0 aliphatic rings. The first-order valence-electron chi connectivity index (χ1n) is 18.8.